The van der Waals surface area contributed by atoms with Crippen LogP contribution in [0.15, 0.2) is 87.4 Å². The van der Waals surface area contributed by atoms with Gasteiger partial charge in [0.2, 0.25) is 0 Å². The van der Waals surface area contributed by atoms with Crippen molar-refractivity contribution in [2.45, 2.75) is 30.7 Å². The van der Waals surface area contributed by atoms with Crippen LogP contribution in [0.5, 0.6) is 5.75 Å². The van der Waals surface area contributed by atoms with Crippen molar-refractivity contribution in [3.8, 4) is 22.8 Å². The van der Waals surface area contributed by atoms with Crippen LogP contribution < -0.4 is 10.4 Å². The van der Waals surface area contributed by atoms with Gasteiger partial charge in [0.25, 0.3) is 0 Å². The Hall–Kier alpha value is -3.91. The summed E-state index contributed by atoms with van der Waals surface area (Å²) in [4.78, 5) is 16.5. The molecule has 5 rings (SSSR count). The van der Waals surface area contributed by atoms with Gasteiger partial charge in [0.15, 0.2) is 11.0 Å². The van der Waals surface area contributed by atoms with E-state index in [1.54, 1.807) is 25.6 Å². The number of rotatable bonds is 7. The Bertz CT molecular complexity index is 1540. The molecule has 7 nitrogen and oxygen atoms in total. The second-order valence-electron chi connectivity index (χ2n) is 8.34. The smallest absolute Gasteiger partial charge is 0.336 e. The minimum Gasteiger partial charge on any atom is -0.497 e. The highest BCUT2D eigenvalue weighted by Crippen LogP contribution is 2.34. The zero-order valence-electron chi connectivity index (χ0n) is 19.6. The van der Waals surface area contributed by atoms with Gasteiger partial charge in [-0.3, -0.25) is 9.55 Å². The number of benzene rings is 2. The maximum Gasteiger partial charge on any atom is 0.336 e. The van der Waals surface area contributed by atoms with Crippen LogP contribution >= 0.6 is 11.8 Å². The highest BCUT2D eigenvalue weighted by molar-refractivity contribution is 7.98. The molecular formula is C27H24N4O3S. The van der Waals surface area contributed by atoms with E-state index < -0.39 is 5.63 Å². The fourth-order valence-electron chi connectivity index (χ4n) is 4.04. The molecular weight excluding hydrogens is 460 g/mol. The highest BCUT2D eigenvalue weighted by Gasteiger charge is 2.20. The van der Waals surface area contributed by atoms with Crippen molar-refractivity contribution in [3.63, 3.8) is 0 Å². The maximum atomic E-state index is 12.3. The van der Waals surface area contributed by atoms with Crippen LogP contribution in [-0.2, 0) is 5.75 Å². The van der Waals surface area contributed by atoms with Gasteiger partial charge in [-0.15, -0.1) is 10.2 Å². The quantitative estimate of drug-likeness (QED) is 0.211. The first-order valence-electron chi connectivity index (χ1n) is 11.2. The minimum absolute atomic E-state index is 0.311. The summed E-state index contributed by atoms with van der Waals surface area (Å²) in [7, 11) is 1.58. The van der Waals surface area contributed by atoms with Crippen LogP contribution in [0.25, 0.3) is 28.0 Å². The lowest BCUT2D eigenvalue weighted by Crippen LogP contribution is -2.05. The van der Waals surface area contributed by atoms with Gasteiger partial charge < -0.3 is 9.15 Å². The van der Waals surface area contributed by atoms with E-state index in [1.165, 1.54) is 23.4 Å². The maximum absolute atomic E-state index is 12.3. The predicted molar refractivity (Wildman–Crippen MR) is 137 cm³/mol. The fraction of sp³-hybridized carbons (Fsp3) is 0.185. The van der Waals surface area contributed by atoms with Crippen molar-refractivity contribution >= 4 is 22.7 Å². The number of thioether (sulfide) groups is 1. The van der Waals surface area contributed by atoms with Crippen LogP contribution in [0, 0.1) is 0 Å². The van der Waals surface area contributed by atoms with E-state index >= 15 is 0 Å². The largest absolute Gasteiger partial charge is 0.497 e. The van der Waals surface area contributed by atoms with E-state index in [4.69, 9.17) is 9.15 Å². The lowest BCUT2D eigenvalue weighted by Gasteiger charge is -2.17. The van der Waals surface area contributed by atoms with Crippen molar-refractivity contribution in [1.82, 2.24) is 19.7 Å². The summed E-state index contributed by atoms with van der Waals surface area (Å²) in [6.07, 6.45) is 3.53. The standard InChI is InChI=1S/C27H24N4O3S/c1-17(2)21-8-4-5-9-23(21)31-26(18-7-6-12-28-15-18)29-30-27(31)35-16-19-13-25(32)34-24-14-20(33-3)10-11-22(19)24/h4-15,17H,16H2,1-3H3. The van der Waals surface area contributed by atoms with Crippen molar-refractivity contribution in [3.05, 3.63) is 94.6 Å². The van der Waals surface area contributed by atoms with E-state index in [2.05, 4.69) is 45.7 Å². The minimum atomic E-state index is -0.399. The highest BCUT2D eigenvalue weighted by atomic mass is 32.2. The molecule has 0 N–H and O–H groups in total. The lowest BCUT2D eigenvalue weighted by atomic mass is 10.0. The first kappa shape index (κ1) is 22.9. The summed E-state index contributed by atoms with van der Waals surface area (Å²) in [6, 6.07) is 19.2. The van der Waals surface area contributed by atoms with Crippen molar-refractivity contribution in [2.75, 3.05) is 7.11 Å². The Morgan fingerprint density at radius 2 is 1.91 bits per heavy atom. The average Bonchev–Trinajstić information content (AvgIpc) is 3.31. The Morgan fingerprint density at radius 1 is 1.06 bits per heavy atom. The first-order chi connectivity index (χ1) is 17.0. The van der Waals surface area contributed by atoms with Crippen LogP contribution in [0.4, 0.5) is 0 Å². The van der Waals surface area contributed by atoms with Gasteiger partial charge in [0.05, 0.1) is 12.8 Å². The third kappa shape index (κ3) is 4.57. The molecule has 0 saturated heterocycles. The number of hydrogen-bond acceptors (Lipinski definition) is 7. The molecule has 0 amide bonds. The van der Waals surface area contributed by atoms with Gasteiger partial charge in [-0.1, -0.05) is 43.8 Å². The second-order valence-corrected chi connectivity index (χ2v) is 9.28. The SMILES string of the molecule is COc1ccc2c(CSc3nnc(-c4cccnc4)n3-c3ccccc3C(C)C)cc(=O)oc2c1. The van der Waals surface area contributed by atoms with E-state index in [1.807, 2.05) is 36.4 Å². The van der Waals surface area contributed by atoms with Gasteiger partial charge in [-0.2, -0.15) is 0 Å². The van der Waals surface area contributed by atoms with Gasteiger partial charge in [-0.25, -0.2) is 4.79 Å². The lowest BCUT2D eigenvalue weighted by molar-refractivity contribution is 0.414. The molecule has 176 valence electrons. The van der Waals surface area contributed by atoms with Gasteiger partial charge in [-0.05, 0) is 47.4 Å². The number of para-hydroxylation sites is 1. The summed E-state index contributed by atoms with van der Waals surface area (Å²) < 4.78 is 12.8. The van der Waals surface area contributed by atoms with Gasteiger partial charge in [0, 0.05) is 41.2 Å². The topological polar surface area (TPSA) is 83.0 Å². The Labute approximate surface area is 206 Å². The van der Waals surface area contributed by atoms with Crippen molar-refractivity contribution in [1.29, 1.82) is 0 Å². The molecule has 8 heteroatoms. The summed E-state index contributed by atoms with van der Waals surface area (Å²) in [5, 5.41) is 10.7. The first-order valence-corrected chi connectivity index (χ1v) is 12.2. The number of ether oxygens (including phenoxy) is 1. The molecule has 0 saturated carbocycles. The molecule has 0 spiro atoms. The molecule has 35 heavy (non-hydrogen) atoms. The van der Waals surface area contributed by atoms with E-state index in [-0.39, 0.29) is 0 Å². The number of methoxy groups -OCH3 is 1. The van der Waals surface area contributed by atoms with Crippen molar-refractivity contribution < 1.29 is 9.15 Å². The monoisotopic (exact) mass is 484 g/mol. The summed E-state index contributed by atoms with van der Waals surface area (Å²) in [5.74, 6) is 2.18. The molecule has 0 radical (unpaired) electrons. The zero-order chi connectivity index (χ0) is 24.4. The fourth-order valence-corrected chi connectivity index (χ4v) is 4.98. The molecule has 2 aromatic carbocycles. The molecule has 0 aliphatic carbocycles. The molecule has 0 bridgehead atoms. The van der Waals surface area contributed by atoms with Crippen LogP contribution in [0.1, 0.15) is 30.9 Å². The Balaban J connectivity index is 1.59. The second kappa shape index (κ2) is 9.76. The van der Waals surface area contributed by atoms with Crippen LogP contribution in [-0.4, -0.2) is 26.9 Å². The van der Waals surface area contributed by atoms with E-state index in [0.29, 0.717) is 23.0 Å². The van der Waals surface area contributed by atoms with E-state index in [0.717, 1.165) is 33.2 Å². The molecule has 0 atom stereocenters. The number of aromatic nitrogens is 4. The van der Waals surface area contributed by atoms with Gasteiger partial charge in [0.1, 0.15) is 11.3 Å². The predicted octanol–water partition coefficient (Wildman–Crippen LogP) is 5.86. The third-order valence-corrected chi connectivity index (χ3v) is 6.72. The van der Waals surface area contributed by atoms with Crippen molar-refractivity contribution in [2.24, 2.45) is 0 Å². The number of pyridine rings is 1. The van der Waals surface area contributed by atoms with Crippen LogP contribution in [0.2, 0.25) is 0 Å². The van der Waals surface area contributed by atoms with Gasteiger partial charge >= 0.3 is 5.63 Å². The molecule has 0 aliphatic heterocycles. The third-order valence-electron chi connectivity index (χ3n) is 5.75. The summed E-state index contributed by atoms with van der Waals surface area (Å²) in [5.41, 5.74) is 4.05. The molecule has 3 heterocycles. The number of hydrogen-bond donors (Lipinski definition) is 0. The Morgan fingerprint density at radius 3 is 2.69 bits per heavy atom. The Kier molecular flexibility index (Phi) is 6.37. The number of fused-ring (bicyclic) bond motifs is 1. The normalized spacial score (nSPS) is 11.3. The summed E-state index contributed by atoms with van der Waals surface area (Å²) >= 11 is 1.52. The van der Waals surface area contributed by atoms with Crippen LogP contribution in [0.3, 0.4) is 0 Å². The van der Waals surface area contributed by atoms with E-state index in [9.17, 15) is 4.79 Å². The number of nitrogens with zero attached hydrogens (tertiary/aromatic N) is 4. The molecule has 5 aromatic rings. The molecule has 3 aromatic heterocycles. The summed E-state index contributed by atoms with van der Waals surface area (Å²) in [6.45, 7) is 4.34. The zero-order valence-corrected chi connectivity index (χ0v) is 20.5. The molecule has 0 unspecified atom stereocenters. The molecule has 0 aliphatic rings. The average molecular weight is 485 g/mol. The molecule has 0 fully saturated rings.